The van der Waals surface area contributed by atoms with E-state index >= 15 is 0 Å². The van der Waals surface area contributed by atoms with Crippen LogP contribution in [0.1, 0.15) is 25.8 Å². The van der Waals surface area contributed by atoms with E-state index < -0.39 is 0 Å². The number of benzene rings is 2. The number of nitrogens with one attached hydrogen (secondary N) is 1. The van der Waals surface area contributed by atoms with Crippen molar-refractivity contribution in [2.45, 2.75) is 27.2 Å². The van der Waals surface area contributed by atoms with E-state index in [1.165, 1.54) is 18.1 Å². The van der Waals surface area contributed by atoms with E-state index in [1.54, 1.807) is 12.1 Å². The molecule has 1 saturated carbocycles. The summed E-state index contributed by atoms with van der Waals surface area (Å²) in [5.41, 5.74) is 2.40. The van der Waals surface area contributed by atoms with Crippen LogP contribution in [0, 0.1) is 24.1 Å². The van der Waals surface area contributed by atoms with Gasteiger partial charge in [-0.05, 0) is 36.8 Å². The van der Waals surface area contributed by atoms with Crippen LogP contribution >= 0.6 is 0 Å². The highest BCUT2D eigenvalue weighted by molar-refractivity contribution is 5.44. The van der Waals surface area contributed by atoms with Gasteiger partial charge in [0.2, 0.25) is 0 Å². The molecule has 1 fully saturated rings. The second kappa shape index (κ2) is 6.75. The van der Waals surface area contributed by atoms with Gasteiger partial charge in [-0.15, -0.1) is 0 Å². The molecular formula is C19H24FN. The Morgan fingerprint density at radius 1 is 1.05 bits per heavy atom. The molecule has 0 bridgehead atoms. The molecule has 0 heterocycles. The first-order chi connectivity index (χ1) is 9.99. The van der Waals surface area contributed by atoms with Crippen molar-refractivity contribution in [2.75, 3.05) is 11.9 Å². The third kappa shape index (κ3) is 4.89. The minimum absolute atomic E-state index is 0.161. The first kappa shape index (κ1) is 15.6. The topological polar surface area (TPSA) is 12.0 Å². The maximum atomic E-state index is 13.2. The second-order valence-corrected chi connectivity index (χ2v) is 6.41. The Morgan fingerprint density at radius 3 is 2.10 bits per heavy atom. The van der Waals surface area contributed by atoms with Crippen LogP contribution in [0.15, 0.2) is 54.6 Å². The molecule has 2 aromatic rings. The van der Waals surface area contributed by atoms with Gasteiger partial charge in [-0.1, -0.05) is 61.9 Å². The molecular weight excluding hydrogens is 261 g/mol. The van der Waals surface area contributed by atoms with E-state index in [9.17, 15) is 4.39 Å². The van der Waals surface area contributed by atoms with E-state index in [-0.39, 0.29) is 5.82 Å². The molecule has 1 aliphatic rings. The zero-order chi connectivity index (χ0) is 15.3. The van der Waals surface area contributed by atoms with Crippen molar-refractivity contribution < 1.29 is 4.39 Å². The van der Waals surface area contributed by atoms with E-state index in [1.807, 2.05) is 24.3 Å². The number of anilines is 1. The molecule has 0 spiro atoms. The Bertz CT molecular complexity index is 563. The van der Waals surface area contributed by atoms with Gasteiger partial charge in [-0.2, -0.15) is 0 Å². The van der Waals surface area contributed by atoms with E-state index in [0.29, 0.717) is 17.0 Å². The van der Waals surface area contributed by atoms with Gasteiger partial charge in [-0.3, -0.25) is 0 Å². The summed E-state index contributed by atoms with van der Waals surface area (Å²) in [6.45, 7) is 7.47. The number of para-hydroxylation sites is 1. The summed E-state index contributed by atoms with van der Waals surface area (Å²) < 4.78 is 13.2. The van der Waals surface area contributed by atoms with Crippen molar-refractivity contribution in [3.05, 3.63) is 66.0 Å². The normalized spacial score (nSPS) is 18.4. The van der Waals surface area contributed by atoms with E-state index in [4.69, 9.17) is 0 Å². The van der Waals surface area contributed by atoms with Gasteiger partial charge < -0.3 is 5.32 Å². The number of halogens is 1. The van der Waals surface area contributed by atoms with Crippen LogP contribution in [0.5, 0.6) is 0 Å². The third-order valence-corrected chi connectivity index (χ3v) is 4.07. The lowest BCUT2D eigenvalue weighted by Crippen LogP contribution is -2.08. The van der Waals surface area contributed by atoms with Crippen LogP contribution in [0.3, 0.4) is 0 Å². The number of aryl methyl sites for hydroxylation is 1. The monoisotopic (exact) mass is 285 g/mol. The number of rotatable bonds is 3. The predicted molar refractivity (Wildman–Crippen MR) is 88.0 cm³/mol. The average Bonchev–Trinajstić information content (AvgIpc) is 3.07. The van der Waals surface area contributed by atoms with Gasteiger partial charge in [-0.25, -0.2) is 4.39 Å². The molecule has 0 saturated heterocycles. The molecule has 0 aliphatic heterocycles. The smallest absolute Gasteiger partial charge is 0.146 e. The summed E-state index contributed by atoms with van der Waals surface area (Å²) in [5.74, 6) is 0.535. The molecule has 3 rings (SSSR count). The highest BCUT2D eigenvalue weighted by Crippen LogP contribution is 2.51. The second-order valence-electron chi connectivity index (χ2n) is 6.41. The third-order valence-electron chi connectivity index (χ3n) is 4.07. The zero-order valence-electron chi connectivity index (χ0n) is 13.1. The Hall–Kier alpha value is -1.83. The van der Waals surface area contributed by atoms with Crippen LogP contribution in [0.2, 0.25) is 0 Å². The standard InChI is InChI=1S/C12H16FN.C7H8/c1-12(2)7-9(12)8-14-11-6-4-3-5-10(11)13;1-7-5-3-2-4-6-7/h3-6,9,14H,7-8H2,1-2H3;2-6H,1H3. The first-order valence-corrected chi connectivity index (χ1v) is 7.49. The molecule has 1 aliphatic carbocycles. The van der Waals surface area contributed by atoms with Crippen LogP contribution < -0.4 is 5.32 Å². The zero-order valence-corrected chi connectivity index (χ0v) is 13.1. The molecule has 2 aromatic carbocycles. The Morgan fingerprint density at radius 2 is 1.62 bits per heavy atom. The Kier molecular flexibility index (Phi) is 5.00. The molecule has 1 unspecified atom stereocenters. The Labute approximate surface area is 127 Å². The van der Waals surface area contributed by atoms with Crippen molar-refractivity contribution in [3.8, 4) is 0 Å². The molecule has 1 atom stereocenters. The number of hydrogen-bond donors (Lipinski definition) is 1. The molecule has 1 N–H and O–H groups in total. The van der Waals surface area contributed by atoms with Crippen LogP contribution in [0.4, 0.5) is 10.1 Å². The first-order valence-electron chi connectivity index (χ1n) is 7.49. The van der Waals surface area contributed by atoms with Gasteiger partial charge in [0.1, 0.15) is 5.82 Å². The maximum Gasteiger partial charge on any atom is 0.146 e. The quantitative estimate of drug-likeness (QED) is 0.809. The van der Waals surface area contributed by atoms with Crippen LogP contribution in [0.25, 0.3) is 0 Å². The van der Waals surface area contributed by atoms with Gasteiger partial charge in [0, 0.05) is 6.54 Å². The van der Waals surface area contributed by atoms with Gasteiger partial charge in [0.05, 0.1) is 5.69 Å². The lowest BCUT2D eigenvalue weighted by molar-refractivity contribution is 0.570. The lowest BCUT2D eigenvalue weighted by atomic mass is 10.1. The fraction of sp³-hybridized carbons (Fsp3) is 0.368. The summed E-state index contributed by atoms with van der Waals surface area (Å²) >= 11 is 0. The highest BCUT2D eigenvalue weighted by Gasteiger charge is 2.44. The van der Waals surface area contributed by atoms with Crippen molar-refractivity contribution in [2.24, 2.45) is 11.3 Å². The molecule has 21 heavy (non-hydrogen) atoms. The molecule has 0 radical (unpaired) electrons. The van der Waals surface area contributed by atoms with Crippen LogP contribution in [-0.2, 0) is 0 Å². The summed E-state index contributed by atoms with van der Waals surface area (Å²) in [6, 6.07) is 17.1. The SMILES string of the molecule is CC1(C)CC1CNc1ccccc1F.Cc1ccccc1. The summed E-state index contributed by atoms with van der Waals surface area (Å²) in [6.07, 6.45) is 1.24. The van der Waals surface area contributed by atoms with E-state index in [0.717, 1.165) is 6.54 Å². The van der Waals surface area contributed by atoms with Gasteiger partial charge in [0.15, 0.2) is 0 Å². The minimum Gasteiger partial charge on any atom is -0.382 e. The van der Waals surface area contributed by atoms with Crippen molar-refractivity contribution in [1.29, 1.82) is 0 Å². The molecule has 112 valence electrons. The van der Waals surface area contributed by atoms with Gasteiger partial charge >= 0.3 is 0 Å². The lowest BCUT2D eigenvalue weighted by Gasteiger charge is -2.08. The van der Waals surface area contributed by atoms with Crippen molar-refractivity contribution >= 4 is 5.69 Å². The Balaban J connectivity index is 0.000000194. The molecule has 2 heteroatoms. The molecule has 0 amide bonds. The summed E-state index contributed by atoms with van der Waals surface area (Å²) in [5, 5.41) is 3.16. The van der Waals surface area contributed by atoms with E-state index in [2.05, 4.69) is 38.2 Å². The van der Waals surface area contributed by atoms with Gasteiger partial charge in [0.25, 0.3) is 0 Å². The molecule has 0 aromatic heterocycles. The largest absolute Gasteiger partial charge is 0.382 e. The summed E-state index contributed by atoms with van der Waals surface area (Å²) in [7, 11) is 0. The van der Waals surface area contributed by atoms with Crippen LogP contribution in [-0.4, -0.2) is 6.54 Å². The highest BCUT2D eigenvalue weighted by atomic mass is 19.1. The van der Waals surface area contributed by atoms with Crippen molar-refractivity contribution in [3.63, 3.8) is 0 Å². The average molecular weight is 285 g/mol. The maximum absolute atomic E-state index is 13.2. The predicted octanol–water partition coefficient (Wildman–Crippen LogP) is 5.28. The fourth-order valence-electron chi connectivity index (χ4n) is 2.30. The summed E-state index contributed by atoms with van der Waals surface area (Å²) in [4.78, 5) is 0. The molecule has 1 nitrogen and oxygen atoms in total. The minimum atomic E-state index is -0.161. The van der Waals surface area contributed by atoms with Crippen molar-refractivity contribution in [1.82, 2.24) is 0 Å². The number of hydrogen-bond acceptors (Lipinski definition) is 1. The fourth-order valence-corrected chi connectivity index (χ4v) is 2.30.